The summed E-state index contributed by atoms with van der Waals surface area (Å²) in [4.78, 5) is 49.0. The number of aryl methyl sites for hydroxylation is 1. The van der Waals surface area contributed by atoms with Crippen molar-refractivity contribution in [2.24, 2.45) is 0 Å². The summed E-state index contributed by atoms with van der Waals surface area (Å²) >= 11 is 0. The maximum absolute atomic E-state index is 14.3. The van der Waals surface area contributed by atoms with Gasteiger partial charge >= 0.3 is 12.1 Å². The standard InChI is InChI=1S/C41H58FN7O5Si/c1-29-22-30(23-32-26-48(44-38(29)32)28-53-20-21-55(2,3)4)24-37(39(50)46-16-10-34(11-17-46)45-14-6-5-7-15-45)54-41(52)47-18-12-35(13-19-47)49-27-31-8-9-33(42)25-36(31)43-40(49)51/h8-9,22-23,25-26,34-35,37H,5-7,10-21,24,27-28H2,1-4H3,(H,43,51). The first kappa shape index (κ1) is 39.2. The molecular weight excluding hydrogens is 718 g/mol. The van der Waals surface area contributed by atoms with Gasteiger partial charge in [-0.3, -0.25) is 4.79 Å². The normalized spacial score (nSPS) is 19.7. The van der Waals surface area contributed by atoms with Gasteiger partial charge in [-0.2, -0.15) is 5.10 Å². The molecule has 1 unspecified atom stereocenters. The van der Waals surface area contributed by atoms with Crippen molar-refractivity contribution in [2.75, 3.05) is 51.2 Å². The van der Waals surface area contributed by atoms with E-state index in [1.165, 1.54) is 31.4 Å². The van der Waals surface area contributed by atoms with Crippen LogP contribution in [0.4, 0.5) is 19.7 Å². The molecule has 5 heterocycles. The van der Waals surface area contributed by atoms with Gasteiger partial charge in [-0.05, 0) is 99.5 Å². The van der Waals surface area contributed by atoms with Gasteiger partial charge in [0.05, 0.1) is 11.2 Å². The SMILES string of the molecule is Cc1cc(CC(OC(=O)N2CCC(N3Cc4ccc(F)cc4NC3=O)CC2)C(=O)N2CCC(N3CCCCC3)CC2)cc2cn(COCC[Si](C)(C)C)nc12. The van der Waals surface area contributed by atoms with E-state index in [4.69, 9.17) is 14.6 Å². The van der Waals surface area contributed by atoms with Gasteiger partial charge in [0, 0.05) is 77.5 Å². The molecule has 2 aromatic carbocycles. The molecule has 0 bridgehead atoms. The van der Waals surface area contributed by atoms with Gasteiger partial charge in [-0.15, -0.1) is 0 Å². The molecule has 12 nitrogen and oxygen atoms in total. The molecular formula is C41H58FN7O5Si. The second kappa shape index (κ2) is 17.0. The number of ether oxygens (including phenoxy) is 2. The summed E-state index contributed by atoms with van der Waals surface area (Å²) in [6.45, 7) is 14.9. The Morgan fingerprint density at radius 2 is 1.65 bits per heavy atom. The van der Waals surface area contributed by atoms with Gasteiger partial charge in [0.25, 0.3) is 5.91 Å². The van der Waals surface area contributed by atoms with Crippen molar-refractivity contribution in [1.29, 1.82) is 0 Å². The van der Waals surface area contributed by atoms with Crippen LogP contribution in [-0.4, -0.2) is 120 Å². The zero-order chi connectivity index (χ0) is 38.7. The van der Waals surface area contributed by atoms with Gasteiger partial charge in [0.1, 0.15) is 12.5 Å². The smallest absolute Gasteiger partial charge is 0.410 e. The molecule has 1 aromatic heterocycles. The number of likely N-dealkylation sites (tertiary alicyclic amines) is 3. The Balaban J connectivity index is 1.02. The molecule has 3 fully saturated rings. The number of benzene rings is 2. The number of hydrogen-bond donors (Lipinski definition) is 1. The number of carbonyl (C=O) groups excluding carboxylic acids is 3. The molecule has 3 saturated heterocycles. The zero-order valence-electron chi connectivity index (χ0n) is 33.0. The maximum Gasteiger partial charge on any atom is 0.410 e. The van der Waals surface area contributed by atoms with Crippen LogP contribution in [0.2, 0.25) is 25.7 Å². The highest BCUT2D eigenvalue weighted by Crippen LogP contribution is 2.30. The molecule has 3 aromatic rings. The highest BCUT2D eigenvalue weighted by atomic mass is 28.3. The molecule has 4 aliphatic rings. The largest absolute Gasteiger partial charge is 0.436 e. The highest BCUT2D eigenvalue weighted by molar-refractivity contribution is 6.76. The lowest BCUT2D eigenvalue weighted by atomic mass is 9.98. The topological polar surface area (TPSA) is 112 Å². The number of carbonyl (C=O) groups is 3. The molecule has 298 valence electrons. The molecule has 0 radical (unpaired) electrons. The van der Waals surface area contributed by atoms with Crippen molar-refractivity contribution in [1.82, 2.24) is 29.4 Å². The Labute approximate surface area is 325 Å². The molecule has 55 heavy (non-hydrogen) atoms. The molecule has 14 heteroatoms. The van der Waals surface area contributed by atoms with Gasteiger partial charge < -0.3 is 34.4 Å². The Hall–Kier alpha value is -4.01. The van der Waals surface area contributed by atoms with Crippen LogP contribution >= 0.6 is 0 Å². The van der Waals surface area contributed by atoms with E-state index < -0.39 is 26.1 Å². The minimum absolute atomic E-state index is 0.0813. The van der Waals surface area contributed by atoms with Gasteiger partial charge in [0.2, 0.25) is 0 Å². The Morgan fingerprint density at radius 1 is 0.945 bits per heavy atom. The molecule has 0 spiro atoms. The lowest BCUT2D eigenvalue weighted by Crippen LogP contribution is -2.53. The molecule has 7 rings (SSSR count). The fraction of sp³-hybridized carbons (Fsp3) is 0.610. The fourth-order valence-corrected chi connectivity index (χ4v) is 9.34. The highest BCUT2D eigenvalue weighted by Gasteiger charge is 2.37. The van der Waals surface area contributed by atoms with Crippen molar-refractivity contribution in [3.8, 4) is 0 Å². The summed E-state index contributed by atoms with van der Waals surface area (Å²) in [6, 6.07) is 9.78. The van der Waals surface area contributed by atoms with E-state index in [-0.39, 0.29) is 24.4 Å². The number of piperidine rings is 3. The fourth-order valence-electron chi connectivity index (χ4n) is 8.59. The predicted octanol–water partition coefficient (Wildman–Crippen LogP) is 6.83. The van der Waals surface area contributed by atoms with Crippen LogP contribution in [0.5, 0.6) is 0 Å². The van der Waals surface area contributed by atoms with Crippen molar-refractivity contribution in [3.05, 3.63) is 59.0 Å². The van der Waals surface area contributed by atoms with Crippen LogP contribution in [0, 0.1) is 12.7 Å². The Morgan fingerprint density at radius 3 is 2.38 bits per heavy atom. The average molecular weight is 776 g/mol. The van der Waals surface area contributed by atoms with Crippen molar-refractivity contribution < 1.29 is 28.2 Å². The Kier molecular flexibility index (Phi) is 12.1. The van der Waals surface area contributed by atoms with Crippen molar-refractivity contribution >= 4 is 42.7 Å². The summed E-state index contributed by atoms with van der Waals surface area (Å²) in [6.07, 6.45) is 7.53. The van der Waals surface area contributed by atoms with Gasteiger partial charge in [0.15, 0.2) is 6.10 Å². The molecule has 0 aliphatic carbocycles. The first-order valence-corrected chi connectivity index (χ1v) is 24.0. The average Bonchev–Trinajstić information content (AvgIpc) is 3.59. The molecule has 4 aliphatic heterocycles. The number of amides is 4. The number of nitrogens with zero attached hydrogens (tertiary/aromatic N) is 6. The number of fused-ring (bicyclic) bond motifs is 2. The van der Waals surface area contributed by atoms with Gasteiger partial charge in [-0.25, -0.2) is 18.7 Å². The predicted molar refractivity (Wildman–Crippen MR) is 213 cm³/mol. The Bertz CT molecular complexity index is 1840. The zero-order valence-corrected chi connectivity index (χ0v) is 34.0. The number of halogens is 1. The van der Waals surface area contributed by atoms with Crippen LogP contribution in [0.3, 0.4) is 0 Å². The number of aromatic nitrogens is 2. The van der Waals surface area contributed by atoms with Crippen LogP contribution in [0.25, 0.3) is 10.9 Å². The van der Waals surface area contributed by atoms with E-state index in [0.29, 0.717) is 70.6 Å². The van der Waals surface area contributed by atoms with E-state index in [2.05, 4.69) is 29.9 Å². The summed E-state index contributed by atoms with van der Waals surface area (Å²) in [7, 11) is -1.19. The number of nitrogens with one attached hydrogen (secondary N) is 1. The first-order valence-electron chi connectivity index (χ1n) is 20.3. The lowest BCUT2D eigenvalue weighted by Gasteiger charge is -2.41. The summed E-state index contributed by atoms with van der Waals surface area (Å²) in [5.41, 5.74) is 4.14. The lowest BCUT2D eigenvalue weighted by molar-refractivity contribution is -0.142. The quantitative estimate of drug-likeness (QED) is 0.168. The minimum Gasteiger partial charge on any atom is -0.436 e. The van der Waals surface area contributed by atoms with Crippen LogP contribution < -0.4 is 5.32 Å². The molecule has 0 saturated carbocycles. The van der Waals surface area contributed by atoms with Crippen LogP contribution in [0.15, 0.2) is 36.5 Å². The summed E-state index contributed by atoms with van der Waals surface area (Å²) in [5.74, 6) is -0.539. The monoisotopic (exact) mass is 775 g/mol. The minimum atomic E-state index is -1.19. The van der Waals surface area contributed by atoms with Gasteiger partial charge in [-0.1, -0.05) is 38.2 Å². The van der Waals surface area contributed by atoms with E-state index in [1.807, 2.05) is 34.8 Å². The van der Waals surface area contributed by atoms with E-state index >= 15 is 0 Å². The first-order chi connectivity index (χ1) is 26.4. The number of rotatable bonds is 11. The third kappa shape index (κ3) is 9.69. The summed E-state index contributed by atoms with van der Waals surface area (Å²) < 4.78 is 27.7. The van der Waals surface area contributed by atoms with Crippen molar-refractivity contribution in [3.63, 3.8) is 0 Å². The maximum atomic E-state index is 14.3. The summed E-state index contributed by atoms with van der Waals surface area (Å²) in [5, 5.41) is 8.55. The molecule has 1 N–H and O–H groups in total. The van der Waals surface area contributed by atoms with E-state index in [0.717, 1.165) is 59.6 Å². The number of anilines is 1. The third-order valence-corrected chi connectivity index (χ3v) is 13.5. The van der Waals surface area contributed by atoms with Crippen LogP contribution in [0.1, 0.15) is 61.6 Å². The third-order valence-electron chi connectivity index (χ3n) is 11.8. The van der Waals surface area contributed by atoms with E-state index in [9.17, 15) is 18.8 Å². The number of hydrogen-bond acceptors (Lipinski definition) is 7. The van der Waals surface area contributed by atoms with Crippen molar-refractivity contribution in [2.45, 2.75) is 115 Å². The molecule has 4 amide bonds. The second-order valence-electron chi connectivity index (χ2n) is 17.2. The van der Waals surface area contributed by atoms with E-state index in [1.54, 1.807) is 15.9 Å². The second-order valence-corrected chi connectivity index (χ2v) is 22.8. The van der Waals surface area contributed by atoms with Crippen LogP contribution in [-0.2, 0) is 34.0 Å². The molecule has 1 atom stereocenters. The number of urea groups is 1.